The van der Waals surface area contributed by atoms with Gasteiger partial charge < -0.3 is 15.4 Å². The summed E-state index contributed by atoms with van der Waals surface area (Å²) >= 11 is 0. The predicted octanol–water partition coefficient (Wildman–Crippen LogP) is 2.46. The first kappa shape index (κ1) is 15.4. The zero-order chi connectivity index (χ0) is 15.2. The summed E-state index contributed by atoms with van der Waals surface area (Å²) in [4.78, 5) is 23.2. The molecule has 0 bridgehead atoms. The number of rotatable bonds is 5. The smallest absolute Gasteiger partial charge is 0.223 e. The molecular formula is C16H22N2O3. The van der Waals surface area contributed by atoms with Crippen LogP contribution < -0.4 is 15.4 Å². The number of anilines is 1. The minimum absolute atomic E-state index is 0.129. The Morgan fingerprint density at radius 1 is 1.29 bits per heavy atom. The maximum atomic E-state index is 12.0. The number of ether oxygens (including phenoxy) is 1. The van der Waals surface area contributed by atoms with Crippen LogP contribution in [0.2, 0.25) is 0 Å². The molecule has 0 aliphatic heterocycles. The van der Waals surface area contributed by atoms with Crippen LogP contribution in [0, 0.1) is 5.92 Å². The largest absolute Gasteiger partial charge is 0.495 e. The number of carbonyl (C=O) groups is 2. The molecule has 1 aliphatic carbocycles. The van der Waals surface area contributed by atoms with Gasteiger partial charge in [0.25, 0.3) is 0 Å². The molecule has 5 nitrogen and oxygen atoms in total. The number of amides is 2. The van der Waals surface area contributed by atoms with Crippen LogP contribution in [0.25, 0.3) is 0 Å². The maximum absolute atomic E-state index is 12.0. The van der Waals surface area contributed by atoms with E-state index in [9.17, 15) is 9.59 Å². The molecule has 0 unspecified atom stereocenters. The van der Waals surface area contributed by atoms with Gasteiger partial charge in [0, 0.05) is 19.4 Å². The number of benzene rings is 1. The van der Waals surface area contributed by atoms with Crippen molar-refractivity contribution in [1.82, 2.24) is 5.32 Å². The number of methoxy groups -OCH3 is 1. The van der Waals surface area contributed by atoms with Gasteiger partial charge in [0.05, 0.1) is 12.8 Å². The minimum Gasteiger partial charge on any atom is -0.495 e. The third-order valence-electron chi connectivity index (χ3n) is 3.77. The van der Waals surface area contributed by atoms with Crippen LogP contribution in [0.3, 0.4) is 0 Å². The highest BCUT2D eigenvalue weighted by molar-refractivity contribution is 5.90. The predicted molar refractivity (Wildman–Crippen MR) is 81.1 cm³/mol. The quantitative estimate of drug-likeness (QED) is 0.875. The second kappa shape index (κ2) is 7.11. The molecule has 1 aromatic rings. The van der Waals surface area contributed by atoms with Crippen molar-refractivity contribution >= 4 is 17.5 Å². The molecule has 2 N–H and O–H groups in total. The molecule has 1 aromatic carbocycles. The van der Waals surface area contributed by atoms with Crippen molar-refractivity contribution < 1.29 is 14.3 Å². The lowest BCUT2D eigenvalue weighted by Gasteiger charge is -2.13. The van der Waals surface area contributed by atoms with Gasteiger partial charge in [0.2, 0.25) is 11.8 Å². The summed E-state index contributed by atoms with van der Waals surface area (Å²) in [6.45, 7) is 1.92. The van der Waals surface area contributed by atoms with Gasteiger partial charge in [-0.1, -0.05) is 18.9 Å². The first-order valence-corrected chi connectivity index (χ1v) is 7.32. The van der Waals surface area contributed by atoms with Gasteiger partial charge >= 0.3 is 0 Å². The Morgan fingerprint density at radius 2 is 2.00 bits per heavy atom. The molecule has 114 valence electrons. The molecule has 0 atom stereocenters. The van der Waals surface area contributed by atoms with E-state index in [2.05, 4.69) is 10.6 Å². The standard InChI is InChI=1S/C16H22N2O3/c1-11(19)18-14-9-12(7-8-15(14)21-2)10-17-16(20)13-5-3-4-6-13/h7-9,13H,3-6,10H2,1-2H3,(H,17,20)(H,18,19). The van der Waals surface area contributed by atoms with E-state index in [0.29, 0.717) is 18.0 Å². The third-order valence-corrected chi connectivity index (χ3v) is 3.77. The van der Waals surface area contributed by atoms with E-state index in [0.717, 1.165) is 31.2 Å². The van der Waals surface area contributed by atoms with Crippen LogP contribution in [0.4, 0.5) is 5.69 Å². The summed E-state index contributed by atoms with van der Waals surface area (Å²) < 4.78 is 5.21. The zero-order valence-corrected chi connectivity index (χ0v) is 12.6. The SMILES string of the molecule is COc1ccc(CNC(=O)C2CCCC2)cc1NC(C)=O. The van der Waals surface area contributed by atoms with Crippen LogP contribution in [-0.4, -0.2) is 18.9 Å². The molecule has 0 radical (unpaired) electrons. The molecule has 1 fully saturated rings. The van der Waals surface area contributed by atoms with Gasteiger partial charge in [-0.15, -0.1) is 0 Å². The fraction of sp³-hybridized carbons (Fsp3) is 0.500. The molecule has 2 amide bonds. The molecular weight excluding hydrogens is 268 g/mol. The van der Waals surface area contributed by atoms with Crippen molar-refractivity contribution in [3.63, 3.8) is 0 Å². The topological polar surface area (TPSA) is 67.4 Å². The van der Waals surface area contributed by atoms with Crippen molar-refractivity contribution in [3.05, 3.63) is 23.8 Å². The number of hydrogen-bond donors (Lipinski definition) is 2. The number of carbonyl (C=O) groups excluding carboxylic acids is 2. The van der Waals surface area contributed by atoms with Gasteiger partial charge in [0.1, 0.15) is 5.75 Å². The molecule has 2 rings (SSSR count). The van der Waals surface area contributed by atoms with Crippen LogP contribution in [0.15, 0.2) is 18.2 Å². The third kappa shape index (κ3) is 4.21. The monoisotopic (exact) mass is 290 g/mol. The first-order chi connectivity index (χ1) is 10.1. The van der Waals surface area contributed by atoms with Gasteiger partial charge in [-0.05, 0) is 30.5 Å². The summed E-state index contributed by atoms with van der Waals surface area (Å²) in [5.74, 6) is 0.749. The normalized spacial score (nSPS) is 14.8. The molecule has 0 spiro atoms. The average Bonchev–Trinajstić information content (AvgIpc) is 2.98. The summed E-state index contributed by atoms with van der Waals surface area (Å²) in [6, 6.07) is 5.51. The fourth-order valence-electron chi connectivity index (χ4n) is 2.67. The lowest BCUT2D eigenvalue weighted by atomic mass is 10.1. The highest BCUT2D eigenvalue weighted by atomic mass is 16.5. The van der Waals surface area contributed by atoms with E-state index in [4.69, 9.17) is 4.74 Å². The summed E-state index contributed by atoms with van der Waals surface area (Å²) in [5.41, 5.74) is 1.56. The van der Waals surface area contributed by atoms with Crippen molar-refractivity contribution in [2.45, 2.75) is 39.2 Å². The van der Waals surface area contributed by atoms with E-state index in [-0.39, 0.29) is 17.7 Å². The molecule has 1 aliphatic rings. The molecule has 0 heterocycles. The molecule has 5 heteroatoms. The Kier molecular flexibility index (Phi) is 5.20. The van der Waals surface area contributed by atoms with Crippen LogP contribution >= 0.6 is 0 Å². The van der Waals surface area contributed by atoms with E-state index < -0.39 is 0 Å². The number of hydrogen-bond acceptors (Lipinski definition) is 3. The average molecular weight is 290 g/mol. The van der Waals surface area contributed by atoms with E-state index in [1.54, 1.807) is 13.2 Å². The van der Waals surface area contributed by atoms with Crippen LogP contribution in [-0.2, 0) is 16.1 Å². The minimum atomic E-state index is -0.152. The molecule has 21 heavy (non-hydrogen) atoms. The molecule has 0 saturated heterocycles. The molecule has 0 aromatic heterocycles. The zero-order valence-electron chi connectivity index (χ0n) is 12.6. The second-order valence-corrected chi connectivity index (χ2v) is 5.42. The number of nitrogens with one attached hydrogen (secondary N) is 2. The van der Waals surface area contributed by atoms with Crippen LogP contribution in [0.5, 0.6) is 5.75 Å². The van der Waals surface area contributed by atoms with Gasteiger partial charge in [-0.3, -0.25) is 9.59 Å². The lowest BCUT2D eigenvalue weighted by Crippen LogP contribution is -2.28. The van der Waals surface area contributed by atoms with Gasteiger partial charge in [-0.25, -0.2) is 0 Å². The Bertz CT molecular complexity index is 522. The van der Waals surface area contributed by atoms with Gasteiger partial charge in [-0.2, -0.15) is 0 Å². The van der Waals surface area contributed by atoms with E-state index >= 15 is 0 Å². The summed E-state index contributed by atoms with van der Waals surface area (Å²) in [5, 5.41) is 5.70. The first-order valence-electron chi connectivity index (χ1n) is 7.32. The van der Waals surface area contributed by atoms with Crippen molar-refractivity contribution in [1.29, 1.82) is 0 Å². The highest BCUT2D eigenvalue weighted by Gasteiger charge is 2.22. The van der Waals surface area contributed by atoms with Crippen molar-refractivity contribution in [2.24, 2.45) is 5.92 Å². The van der Waals surface area contributed by atoms with Crippen molar-refractivity contribution in [3.8, 4) is 5.75 Å². The van der Waals surface area contributed by atoms with E-state index in [1.807, 2.05) is 12.1 Å². The Hall–Kier alpha value is -2.04. The fourth-order valence-corrected chi connectivity index (χ4v) is 2.67. The lowest BCUT2D eigenvalue weighted by molar-refractivity contribution is -0.125. The molecule has 1 saturated carbocycles. The van der Waals surface area contributed by atoms with Crippen molar-refractivity contribution in [2.75, 3.05) is 12.4 Å². The maximum Gasteiger partial charge on any atom is 0.223 e. The second-order valence-electron chi connectivity index (χ2n) is 5.42. The van der Waals surface area contributed by atoms with E-state index in [1.165, 1.54) is 6.92 Å². The van der Waals surface area contributed by atoms with Gasteiger partial charge in [0.15, 0.2) is 0 Å². The Balaban J connectivity index is 1.99. The van der Waals surface area contributed by atoms with Crippen LogP contribution in [0.1, 0.15) is 38.2 Å². The highest BCUT2D eigenvalue weighted by Crippen LogP contribution is 2.26. The Labute approximate surface area is 125 Å². The summed E-state index contributed by atoms with van der Waals surface area (Å²) in [6.07, 6.45) is 4.28. The summed E-state index contributed by atoms with van der Waals surface area (Å²) in [7, 11) is 1.56. The Morgan fingerprint density at radius 3 is 2.62 bits per heavy atom.